The Morgan fingerprint density at radius 1 is 1.03 bits per heavy atom. The highest BCUT2D eigenvalue weighted by molar-refractivity contribution is 6.30. The van der Waals surface area contributed by atoms with Crippen LogP contribution in [0.2, 0.25) is 5.02 Å². The number of hydrogen-bond acceptors (Lipinski definition) is 4. The zero-order valence-corrected chi connectivity index (χ0v) is 17.7. The van der Waals surface area contributed by atoms with Gasteiger partial charge in [-0.2, -0.15) is 0 Å². The molecule has 0 aliphatic rings. The molecule has 7 heteroatoms. The molecule has 0 radical (unpaired) electrons. The topological polar surface area (TPSA) is 78.0 Å². The van der Waals surface area contributed by atoms with E-state index < -0.39 is 4.92 Å². The molecule has 0 amide bonds. The summed E-state index contributed by atoms with van der Waals surface area (Å²) in [5.41, 5.74) is 3.08. The van der Waals surface area contributed by atoms with E-state index in [1.807, 2.05) is 55.5 Å². The van der Waals surface area contributed by atoms with Gasteiger partial charge >= 0.3 is 0 Å². The van der Waals surface area contributed by atoms with Gasteiger partial charge in [0.05, 0.1) is 22.4 Å². The molecule has 0 unspecified atom stereocenters. The Morgan fingerprint density at radius 3 is 2.48 bits per heavy atom. The summed E-state index contributed by atoms with van der Waals surface area (Å²) in [5, 5.41) is 12.1. The van der Waals surface area contributed by atoms with Crippen molar-refractivity contribution in [2.24, 2.45) is 0 Å². The van der Waals surface area contributed by atoms with Crippen molar-refractivity contribution in [1.82, 2.24) is 9.55 Å². The summed E-state index contributed by atoms with van der Waals surface area (Å²) in [7, 11) is 0. The third kappa shape index (κ3) is 4.34. The van der Waals surface area contributed by atoms with Gasteiger partial charge in [-0.3, -0.25) is 19.5 Å². The molecule has 4 rings (SSSR count). The molecule has 6 nitrogen and oxygen atoms in total. The summed E-state index contributed by atoms with van der Waals surface area (Å²) >= 11 is 6.09. The van der Waals surface area contributed by atoms with Crippen LogP contribution in [0.4, 0.5) is 5.69 Å². The van der Waals surface area contributed by atoms with Gasteiger partial charge in [0.25, 0.3) is 11.2 Å². The van der Waals surface area contributed by atoms with Crippen molar-refractivity contribution in [3.8, 4) is 11.1 Å². The molecule has 0 saturated carbocycles. The summed E-state index contributed by atoms with van der Waals surface area (Å²) in [4.78, 5) is 28.5. The monoisotopic (exact) mass is 433 g/mol. The van der Waals surface area contributed by atoms with Crippen molar-refractivity contribution in [1.29, 1.82) is 0 Å². The van der Waals surface area contributed by atoms with E-state index >= 15 is 0 Å². The fourth-order valence-corrected chi connectivity index (χ4v) is 3.79. The zero-order chi connectivity index (χ0) is 22.0. The summed E-state index contributed by atoms with van der Waals surface area (Å²) in [6, 6.07) is 19.8. The lowest BCUT2D eigenvalue weighted by Crippen LogP contribution is -2.26. The van der Waals surface area contributed by atoms with Crippen LogP contribution in [-0.4, -0.2) is 14.5 Å². The molecule has 3 aromatic carbocycles. The van der Waals surface area contributed by atoms with Crippen molar-refractivity contribution in [2.75, 3.05) is 0 Å². The van der Waals surface area contributed by atoms with Crippen LogP contribution in [0.1, 0.15) is 24.7 Å². The summed E-state index contributed by atoms with van der Waals surface area (Å²) in [6.07, 6.45) is 1.47. The maximum absolute atomic E-state index is 13.2. The SMILES string of the molecule is CCCc1nc2ccc([N+](=O)[O-])cc2c(=O)n1Cc1ccc(-c2cccc(Cl)c2)cc1. The van der Waals surface area contributed by atoms with E-state index in [-0.39, 0.29) is 16.6 Å². The van der Waals surface area contributed by atoms with Gasteiger partial charge in [-0.1, -0.05) is 54.9 Å². The number of rotatable bonds is 6. The Labute approximate surface area is 183 Å². The number of hydrogen-bond donors (Lipinski definition) is 0. The minimum absolute atomic E-state index is 0.118. The minimum atomic E-state index is -0.502. The minimum Gasteiger partial charge on any atom is -0.292 e. The number of halogens is 1. The average molecular weight is 434 g/mol. The van der Waals surface area contributed by atoms with Crippen molar-refractivity contribution in [3.05, 3.63) is 104 Å². The standard InChI is InChI=1S/C24H20ClN3O3/c1-2-4-23-26-22-12-11-20(28(30)31)14-21(22)24(29)27(23)15-16-7-9-17(10-8-16)18-5-3-6-19(25)13-18/h3,5-14H,2,4,15H2,1H3. The molecular weight excluding hydrogens is 414 g/mol. The first kappa shape index (κ1) is 20.8. The quantitative estimate of drug-likeness (QED) is 0.292. The number of fused-ring (bicyclic) bond motifs is 1. The van der Waals surface area contributed by atoms with Gasteiger partial charge in [0.1, 0.15) is 5.82 Å². The largest absolute Gasteiger partial charge is 0.292 e. The second-order valence-electron chi connectivity index (χ2n) is 7.34. The number of nitro groups is 1. The van der Waals surface area contributed by atoms with Crippen molar-refractivity contribution >= 4 is 28.2 Å². The highest BCUT2D eigenvalue weighted by atomic mass is 35.5. The van der Waals surface area contributed by atoms with Gasteiger partial charge in [-0.05, 0) is 41.3 Å². The fraction of sp³-hybridized carbons (Fsp3) is 0.167. The zero-order valence-electron chi connectivity index (χ0n) is 16.9. The molecular formula is C24H20ClN3O3. The molecule has 0 spiro atoms. The maximum atomic E-state index is 13.2. The predicted molar refractivity (Wildman–Crippen MR) is 123 cm³/mol. The van der Waals surface area contributed by atoms with Crippen molar-refractivity contribution in [3.63, 3.8) is 0 Å². The maximum Gasteiger partial charge on any atom is 0.270 e. The molecule has 0 aliphatic carbocycles. The normalized spacial score (nSPS) is 11.0. The third-order valence-corrected chi connectivity index (χ3v) is 5.39. The molecule has 156 valence electrons. The first-order chi connectivity index (χ1) is 15.0. The van der Waals surface area contributed by atoms with Gasteiger partial charge in [-0.15, -0.1) is 0 Å². The number of benzene rings is 3. The van der Waals surface area contributed by atoms with Crippen molar-refractivity contribution in [2.45, 2.75) is 26.3 Å². The molecule has 31 heavy (non-hydrogen) atoms. The van der Waals surface area contributed by atoms with E-state index in [0.717, 1.165) is 23.1 Å². The molecule has 0 aliphatic heterocycles. The van der Waals surface area contributed by atoms with Gasteiger partial charge in [0.15, 0.2) is 0 Å². The highest BCUT2D eigenvalue weighted by Crippen LogP contribution is 2.23. The second-order valence-corrected chi connectivity index (χ2v) is 7.77. The third-order valence-electron chi connectivity index (χ3n) is 5.15. The lowest BCUT2D eigenvalue weighted by atomic mass is 10.0. The van der Waals surface area contributed by atoms with E-state index in [4.69, 9.17) is 11.6 Å². The van der Waals surface area contributed by atoms with E-state index in [0.29, 0.717) is 29.3 Å². The molecule has 1 heterocycles. The fourth-order valence-electron chi connectivity index (χ4n) is 3.60. The number of nitro benzene ring substituents is 1. The number of aromatic nitrogens is 2. The van der Waals surface area contributed by atoms with Crippen LogP contribution < -0.4 is 5.56 Å². The van der Waals surface area contributed by atoms with E-state index in [1.165, 1.54) is 18.2 Å². The van der Waals surface area contributed by atoms with Crippen LogP contribution in [-0.2, 0) is 13.0 Å². The van der Waals surface area contributed by atoms with E-state index in [1.54, 1.807) is 4.57 Å². The lowest BCUT2D eigenvalue weighted by molar-refractivity contribution is -0.384. The smallest absolute Gasteiger partial charge is 0.270 e. The highest BCUT2D eigenvalue weighted by Gasteiger charge is 2.15. The Kier molecular flexibility index (Phi) is 5.82. The molecule has 0 atom stereocenters. The van der Waals surface area contributed by atoms with E-state index in [9.17, 15) is 14.9 Å². The van der Waals surface area contributed by atoms with Gasteiger partial charge in [-0.25, -0.2) is 4.98 Å². The Bertz CT molecular complexity index is 1330. The van der Waals surface area contributed by atoms with Crippen LogP contribution in [0.15, 0.2) is 71.5 Å². The molecule has 4 aromatic rings. The Hall–Kier alpha value is -3.51. The van der Waals surface area contributed by atoms with Crippen LogP contribution in [0.25, 0.3) is 22.0 Å². The number of non-ortho nitro benzene ring substituents is 1. The predicted octanol–water partition coefficient (Wildman–Crippen LogP) is 5.63. The molecule has 0 bridgehead atoms. The van der Waals surface area contributed by atoms with Crippen LogP contribution in [0.3, 0.4) is 0 Å². The van der Waals surface area contributed by atoms with E-state index in [2.05, 4.69) is 4.98 Å². The first-order valence-corrected chi connectivity index (χ1v) is 10.4. The lowest BCUT2D eigenvalue weighted by Gasteiger charge is -2.14. The molecule has 0 fully saturated rings. The number of nitrogens with zero attached hydrogens (tertiary/aromatic N) is 3. The summed E-state index contributed by atoms with van der Waals surface area (Å²) in [6.45, 7) is 2.37. The average Bonchev–Trinajstić information content (AvgIpc) is 2.77. The summed E-state index contributed by atoms with van der Waals surface area (Å²) in [5.74, 6) is 0.674. The van der Waals surface area contributed by atoms with Crippen LogP contribution in [0.5, 0.6) is 0 Å². The molecule has 1 aromatic heterocycles. The Balaban J connectivity index is 1.74. The number of aryl methyl sites for hydroxylation is 1. The molecule has 0 N–H and O–H groups in total. The van der Waals surface area contributed by atoms with Gasteiger partial charge in [0, 0.05) is 23.6 Å². The Morgan fingerprint density at radius 2 is 1.81 bits per heavy atom. The first-order valence-electron chi connectivity index (χ1n) is 9.99. The second kappa shape index (κ2) is 8.70. The van der Waals surface area contributed by atoms with Crippen LogP contribution in [0, 0.1) is 10.1 Å². The summed E-state index contributed by atoms with van der Waals surface area (Å²) < 4.78 is 1.62. The van der Waals surface area contributed by atoms with Crippen molar-refractivity contribution < 1.29 is 4.92 Å². The van der Waals surface area contributed by atoms with Gasteiger partial charge < -0.3 is 0 Å². The van der Waals surface area contributed by atoms with Crippen LogP contribution >= 0.6 is 11.6 Å². The molecule has 0 saturated heterocycles. The van der Waals surface area contributed by atoms with Gasteiger partial charge in [0.2, 0.25) is 0 Å².